The van der Waals surface area contributed by atoms with Crippen LogP contribution in [0.1, 0.15) is 90.4 Å². The molecule has 2 aliphatic rings. The summed E-state index contributed by atoms with van der Waals surface area (Å²) in [5.74, 6) is 3.71. The van der Waals surface area contributed by atoms with Crippen LogP contribution in [0.4, 0.5) is 4.39 Å². The molecule has 0 radical (unpaired) electrons. The molecule has 0 bridgehead atoms. The molecule has 2 rings (SSSR count). The molecule has 0 saturated heterocycles. The van der Waals surface area contributed by atoms with Crippen molar-refractivity contribution in [3.63, 3.8) is 0 Å². The normalized spacial score (nSPS) is 32.1. The van der Waals surface area contributed by atoms with E-state index in [4.69, 9.17) is 4.74 Å². The fourth-order valence-electron chi connectivity index (χ4n) is 5.05. The van der Waals surface area contributed by atoms with Crippen LogP contribution in [-0.2, 0) is 4.74 Å². The fourth-order valence-corrected chi connectivity index (χ4v) is 5.05. The monoisotopic (exact) mass is 352 g/mol. The molecule has 2 heteroatoms. The Morgan fingerprint density at radius 3 is 1.80 bits per heavy atom. The molecule has 0 spiro atoms. The molecular weight excluding hydrogens is 311 g/mol. The minimum atomic E-state index is -0.214. The Morgan fingerprint density at radius 1 is 0.800 bits per heavy atom. The third kappa shape index (κ3) is 7.81. The zero-order chi connectivity index (χ0) is 17.9. The minimum absolute atomic E-state index is 0.214. The van der Waals surface area contributed by atoms with Crippen molar-refractivity contribution in [1.82, 2.24) is 0 Å². The number of ether oxygens (including phenoxy) is 1. The molecule has 2 fully saturated rings. The molecular formula is C23H41FO. The number of hydrogen-bond donors (Lipinski definition) is 0. The summed E-state index contributed by atoms with van der Waals surface area (Å²) < 4.78 is 17.6. The molecule has 146 valence electrons. The third-order valence-corrected chi connectivity index (χ3v) is 7.06. The van der Waals surface area contributed by atoms with Gasteiger partial charge in [-0.2, -0.15) is 0 Å². The summed E-state index contributed by atoms with van der Waals surface area (Å²) in [5.41, 5.74) is 0. The van der Waals surface area contributed by atoms with Crippen molar-refractivity contribution in [3.8, 4) is 0 Å². The first kappa shape index (κ1) is 20.9. The maximum absolute atomic E-state index is 12.0. The predicted octanol–water partition coefficient (Wildman–Crippen LogP) is 7.11. The topological polar surface area (TPSA) is 9.23 Å². The van der Waals surface area contributed by atoms with E-state index in [0.717, 1.165) is 30.1 Å². The molecule has 0 N–H and O–H groups in total. The standard InChI is InChI=1S/C23H41FO/c1-19(25-2)23-16-14-22(15-17-23)13-12-21-10-8-20(9-11-21)7-5-3-4-6-18-24/h3-4,19-23H,5-18H2,1-2H3/t19?,20-,21-,22-,23-. The molecule has 2 aliphatic carbocycles. The number of allylic oxidation sites excluding steroid dienone is 2. The molecule has 0 amide bonds. The highest BCUT2D eigenvalue weighted by molar-refractivity contribution is 4.83. The Bertz CT molecular complexity index is 351. The number of rotatable bonds is 10. The fraction of sp³-hybridized carbons (Fsp3) is 0.913. The van der Waals surface area contributed by atoms with Crippen LogP contribution in [0.25, 0.3) is 0 Å². The Labute approximate surface area is 155 Å². The maximum atomic E-state index is 12.0. The van der Waals surface area contributed by atoms with E-state index in [9.17, 15) is 4.39 Å². The zero-order valence-corrected chi connectivity index (χ0v) is 16.7. The molecule has 1 nitrogen and oxygen atoms in total. The zero-order valence-electron chi connectivity index (χ0n) is 16.7. The lowest BCUT2D eigenvalue weighted by Gasteiger charge is -2.33. The van der Waals surface area contributed by atoms with Crippen LogP contribution in [0.3, 0.4) is 0 Å². The second kappa shape index (κ2) is 12.1. The van der Waals surface area contributed by atoms with Gasteiger partial charge in [-0.05, 0) is 62.7 Å². The van der Waals surface area contributed by atoms with Crippen molar-refractivity contribution in [2.45, 2.75) is 96.5 Å². The largest absolute Gasteiger partial charge is 0.381 e. The highest BCUT2D eigenvalue weighted by atomic mass is 19.1. The quantitative estimate of drug-likeness (QED) is 0.381. The SMILES string of the molecule is COC(C)[C@H]1CC[C@H](CC[C@H]2CC[C@H](CCC=CCCF)CC2)CC1. The van der Waals surface area contributed by atoms with Crippen molar-refractivity contribution in [2.75, 3.05) is 13.8 Å². The Kier molecular flexibility index (Phi) is 10.1. The van der Waals surface area contributed by atoms with Crippen LogP contribution >= 0.6 is 0 Å². The summed E-state index contributed by atoms with van der Waals surface area (Å²) in [6.45, 7) is 2.02. The van der Waals surface area contributed by atoms with Crippen LogP contribution in [0.15, 0.2) is 12.2 Å². The highest BCUT2D eigenvalue weighted by Crippen LogP contribution is 2.38. The number of alkyl halides is 1. The van der Waals surface area contributed by atoms with Gasteiger partial charge in [0, 0.05) is 7.11 Å². The van der Waals surface area contributed by atoms with E-state index in [1.54, 1.807) is 0 Å². The van der Waals surface area contributed by atoms with Gasteiger partial charge in [0.25, 0.3) is 0 Å². The molecule has 1 unspecified atom stereocenters. The van der Waals surface area contributed by atoms with Gasteiger partial charge in [-0.3, -0.25) is 4.39 Å². The Hall–Kier alpha value is -0.370. The minimum Gasteiger partial charge on any atom is -0.381 e. The Morgan fingerprint density at radius 2 is 1.28 bits per heavy atom. The molecule has 2 saturated carbocycles. The van der Waals surface area contributed by atoms with Crippen LogP contribution in [-0.4, -0.2) is 19.9 Å². The summed E-state index contributed by atoms with van der Waals surface area (Å²) in [6.07, 6.45) is 22.0. The molecule has 0 aromatic carbocycles. The smallest absolute Gasteiger partial charge is 0.0928 e. The van der Waals surface area contributed by atoms with E-state index in [1.165, 1.54) is 70.6 Å². The van der Waals surface area contributed by atoms with E-state index >= 15 is 0 Å². The van der Waals surface area contributed by atoms with Crippen LogP contribution in [0, 0.1) is 23.7 Å². The van der Waals surface area contributed by atoms with Crippen molar-refractivity contribution < 1.29 is 9.13 Å². The van der Waals surface area contributed by atoms with E-state index < -0.39 is 0 Å². The summed E-state index contributed by atoms with van der Waals surface area (Å²) in [4.78, 5) is 0. The lowest BCUT2D eigenvalue weighted by molar-refractivity contribution is 0.0416. The van der Waals surface area contributed by atoms with Crippen molar-refractivity contribution in [1.29, 1.82) is 0 Å². The molecule has 25 heavy (non-hydrogen) atoms. The highest BCUT2D eigenvalue weighted by Gasteiger charge is 2.26. The number of hydrogen-bond acceptors (Lipinski definition) is 1. The van der Waals surface area contributed by atoms with Gasteiger partial charge >= 0.3 is 0 Å². The average molecular weight is 353 g/mol. The summed E-state index contributed by atoms with van der Waals surface area (Å²) in [7, 11) is 1.85. The van der Waals surface area contributed by atoms with E-state index in [2.05, 4.69) is 13.0 Å². The van der Waals surface area contributed by atoms with Gasteiger partial charge in [-0.15, -0.1) is 0 Å². The molecule has 0 aliphatic heterocycles. The summed E-state index contributed by atoms with van der Waals surface area (Å²) in [5, 5.41) is 0. The van der Waals surface area contributed by atoms with Gasteiger partial charge in [0.1, 0.15) is 0 Å². The summed E-state index contributed by atoms with van der Waals surface area (Å²) in [6, 6.07) is 0. The third-order valence-electron chi connectivity index (χ3n) is 7.06. The predicted molar refractivity (Wildman–Crippen MR) is 106 cm³/mol. The number of halogens is 1. The van der Waals surface area contributed by atoms with Gasteiger partial charge in [-0.25, -0.2) is 0 Å². The average Bonchev–Trinajstić information content (AvgIpc) is 2.67. The maximum Gasteiger partial charge on any atom is 0.0928 e. The first-order valence-electron chi connectivity index (χ1n) is 11.0. The van der Waals surface area contributed by atoms with Gasteiger partial charge in [-0.1, -0.05) is 63.5 Å². The van der Waals surface area contributed by atoms with Crippen molar-refractivity contribution >= 4 is 0 Å². The van der Waals surface area contributed by atoms with Crippen molar-refractivity contribution in [3.05, 3.63) is 12.2 Å². The van der Waals surface area contributed by atoms with Gasteiger partial charge in [0.2, 0.25) is 0 Å². The molecule has 1 atom stereocenters. The van der Waals surface area contributed by atoms with E-state index in [1.807, 2.05) is 13.2 Å². The lowest BCUT2D eigenvalue weighted by Crippen LogP contribution is -2.25. The summed E-state index contributed by atoms with van der Waals surface area (Å²) >= 11 is 0. The molecule has 0 heterocycles. The van der Waals surface area contributed by atoms with Crippen LogP contribution in [0.2, 0.25) is 0 Å². The van der Waals surface area contributed by atoms with E-state index in [0.29, 0.717) is 12.5 Å². The first-order valence-corrected chi connectivity index (χ1v) is 11.0. The Balaban J connectivity index is 1.53. The van der Waals surface area contributed by atoms with Gasteiger partial charge in [0.15, 0.2) is 0 Å². The molecule has 0 aromatic rings. The van der Waals surface area contributed by atoms with Crippen LogP contribution < -0.4 is 0 Å². The van der Waals surface area contributed by atoms with Gasteiger partial charge < -0.3 is 4.74 Å². The van der Waals surface area contributed by atoms with Gasteiger partial charge in [0.05, 0.1) is 12.8 Å². The van der Waals surface area contributed by atoms with Crippen LogP contribution in [0.5, 0.6) is 0 Å². The van der Waals surface area contributed by atoms with E-state index in [-0.39, 0.29) is 6.67 Å². The molecule has 0 aromatic heterocycles. The second-order valence-corrected chi connectivity index (χ2v) is 8.71. The number of methoxy groups -OCH3 is 1. The lowest BCUT2D eigenvalue weighted by atomic mass is 9.74. The van der Waals surface area contributed by atoms with Crippen molar-refractivity contribution in [2.24, 2.45) is 23.7 Å². The first-order chi connectivity index (χ1) is 12.2. The second-order valence-electron chi connectivity index (χ2n) is 8.71.